The Morgan fingerprint density at radius 2 is 2.00 bits per heavy atom. The first-order valence-corrected chi connectivity index (χ1v) is 6.88. The Labute approximate surface area is 58.6 Å². The fourth-order valence-corrected chi connectivity index (χ4v) is 2.16. The molecule has 0 unspecified atom stereocenters. The van der Waals surface area contributed by atoms with Gasteiger partial charge in [0.15, 0.2) is 0 Å². The normalized spacial score (nSPS) is 14.6. The molecule has 0 saturated heterocycles. The van der Waals surface area contributed by atoms with E-state index in [-0.39, 0.29) is 6.04 Å². The van der Waals surface area contributed by atoms with Crippen LogP contribution in [-0.4, -0.2) is 14.1 Å². The van der Waals surface area contributed by atoms with E-state index in [0.717, 1.165) is 6.04 Å². The number of rotatable bonds is 2. The maximum atomic E-state index is 5.56. The molecule has 0 bridgehead atoms. The highest BCUT2D eigenvalue weighted by molar-refractivity contribution is 6.76. The molecule has 0 fully saturated rings. The summed E-state index contributed by atoms with van der Waals surface area (Å²) in [5.74, 6) is 2.53. The zero-order chi connectivity index (χ0) is 7.49. The number of nitrogens with two attached hydrogens (primary N) is 1. The van der Waals surface area contributed by atoms with Gasteiger partial charge >= 0.3 is 0 Å². The van der Waals surface area contributed by atoms with Gasteiger partial charge in [0.1, 0.15) is 0 Å². The average molecular weight is 141 g/mol. The van der Waals surface area contributed by atoms with Gasteiger partial charge in [-0.3, -0.25) is 0 Å². The van der Waals surface area contributed by atoms with Crippen LogP contribution in [0.5, 0.6) is 0 Å². The SMILES string of the molecule is C#C[C@@H](N)C[Si](C)(C)C. The largest absolute Gasteiger partial charge is 0.318 e. The van der Waals surface area contributed by atoms with Crippen molar-refractivity contribution in [3.05, 3.63) is 0 Å². The Balaban J connectivity index is 3.63. The van der Waals surface area contributed by atoms with Crippen molar-refractivity contribution < 1.29 is 0 Å². The van der Waals surface area contributed by atoms with Gasteiger partial charge in [0.05, 0.1) is 6.04 Å². The predicted molar refractivity (Wildman–Crippen MR) is 45.0 cm³/mol. The van der Waals surface area contributed by atoms with Gasteiger partial charge in [0.25, 0.3) is 0 Å². The Morgan fingerprint density at radius 1 is 1.56 bits per heavy atom. The van der Waals surface area contributed by atoms with Crippen molar-refractivity contribution in [3.63, 3.8) is 0 Å². The van der Waals surface area contributed by atoms with E-state index in [4.69, 9.17) is 12.2 Å². The van der Waals surface area contributed by atoms with Crippen molar-refractivity contribution in [3.8, 4) is 12.3 Å². The second-order valence-electron chi connectivity index (χ2n) is 3.54. The van der Waals surface area contributed by atoms with Crippen molar-refractivity contribution in [1.29, 1.82) is 0 Å². The Morgan fingerprint density at radius 3 is 2.11 bits per heavy atom. The smallest absolute Gasteiger partial charge is 0.0638 e. The number of terminal acetylenes is 1. The Bertz CT molecular complexity index is 118. The van der Waals surface area contributed by atoms with Crippen LogP contribution in [-0.2, 0) is 0 Å². The zero-order valence-electron chi connectivity index (χ0n) is 6.44. The molecular weight excluding hydrogens is 126 g/mol. The highest BCUT2D eigenvalue weighted by Gasteiger charge is 2.15. The van der Waals surface area contributed by atoms with E-state index < -0.39 is 8.07 Å². The van der Waals surface area contributed by atoms with Crippen LogP contribution in [0.2, 0.25) is 25.7 Å². The summed E-state index contributed by atoms with van der Waals surface area (Å²) in [4.78, 5) is 0. The minimum atomic E-state index is -1.01. The van der Waals surface area contributed by atoms with E-state index in [0.29, 0.717) is 0 Å². The van der Waals surface area contributed by atoms with Crippen molar-refractivity contribution in [1.82, 2.24) is 0 Å². The quantitative estimate of drug-likeness (QED) is 0.455. The van der Waals surface area contributed by atoms with Crippen LogP contribution in [0.4, 0.5) is 0 Å². The number of hydrogen-bond acceptors (Lipinski definition) is 1. The van der Waals surface area contributed by atoms with Crippen LogP contribution in [0.3, 0.4) is 0 Å². The second-order valence-corrected chi connectivity index (χ2v) is 9.07. The fraction of sp³-hybridized carbons (Fsp3) is 0.714. The monoisotopic (exact) mass is 141 g/mol. The highest BCUT2D eigenvalue weighted by Crippen LogP contribution is 2.08. The molecule has 2 heteroatoms. The van der Waals surface area contributed by atoms with Gasteiger partial charge in [0, 0.05) is 8.07 Å². The molecule has 2 N–H and O–H groups in total. The molecule has 0 amide bonds. The van der Waals surface area contributed by atoms with Crippen molar-refractivity contribution in [2.75, 3.05) is 0 Å². The first-order chi connectivity index (χ1) is 3.95. The maximum Gasteiger partial charge on any atom is 0.0638 e. The topological polar surface area (TPSA) is 26.0 Å². The predicted octanol–water partition coefficient (Wildman–Crippen LogP) is 1.29. The van der Waals surface area contributed by atoms with Crippen molar-refractivity contribution in [2.24, 2.45) is 5.73 Å². The molecule has 0 aromatic heterocycles. The summed E-state index contributed by atoms with van der Waals surface area (Å²) < 4.78 is 0. The lowest BCUT2D eigenvalue weighted by Gasteiger charge is -2.16. The van der Waals surface area contributed by atoms with Crippen LogP contribution >= 0.6 is 0 Å². The summed E-state index contributed by atoms with van der Waals surface area (Å²) in [6.07, 6.45) is 5.13. The third-order valence-electron chi connectivity index (χ3n) is 1.05. The van der Waals surface area contributed by atoms with E-state index in [1.54, 1.807) is 0 Å². The molecule has 0 rings (SSSR count). The lowest BCUT2D eigenvalue weighted by atomic mass is 10.4. The first-order valence-electron chi connectivity index (χ1n) is 3.17. The minimum Gasteiger partial charge on any atom is -0.318 e. The highest BCUT2D eigenvalue weighted by atomic mass is 28.3. The van der Waals surface area contributed by atoms with Gasteiger partial charge in [-0.05, 0) is 6.04 Å². The van der Waals surface area contributed by atoms with Gasteiger partial charge in [0.2, 0.25) is 0 Å². The number of hydrogen-bond donors (Lipinski definition) is 1. The molecule has 0 heterocycles. The lowest BCUT2D eigenvalue weighted by molar-refractivity contribution is 0.934. The third kappa shape index (κ3) is 5.61. The van der Waals surface area contributed by atoms with Gasteiger partial charge in [-0.25, -0.2) is 0 Å². The minimum absolute atomic E-state index is 0.0170. The van der Waals surface area contributed by atoms with E-state index in [1.165, 1.54) is 0 Å². The van der Waals surface area contributed by atoms with E-state index in [1.807, 2.05) is 0 Å². The van der Waals surface area contributed by atoms with Crippen LogP contribution in [0.25, 0.3) is 0 Å². The molecule has 0 aromatic rings. The Hall–Kier alpha value is -0.263. The summed E-state index contributed by atoms with van der Waals surface area (Å²) in [6.45, 7) is 6.80. The van der Waals surface area contributed by atoms with Crippen LogP contribution in [0, 0.1) is 12.3 Å². The summed E-state index contributed by atoms with van der Waals surface area (Å²) in [7, 11) is -1.01. The third-order valence-corrected chi connectivity index (χ3v) is 2.71. The fourth-order valence-electron chi connectivity index (χ4n) is 0.719. The van der Waals surface area contributed by atoms with Gasteiger partial charge < -0.3 is 5.73 Å². The molecule has 0 saturated carbocycles. The van der Waals surface area contributed by atoms with E-state index >= 15 is 0 Å². The van der Waals surface area contributed by atoms with Crippen LogP contribution in [0.1, 0.15) is 0 Å². The van der Waals surface area contributed by atoms with E-state index in [9.17, 15) is 0 Å². The van der Waals surface area contributed by atoms with Gasteiger partial charge in [-0.2, -0.15) is 0 Å². The molecular formula is C7H15NSi. The molecule has 52 valence electrons. The summed E-state index contributed by atoms with van der Waals surface area (Å²) >= 11 is 0. The van der Waals surface area contributed by atoms with Crippen LogP contribution < -0.4 is 5.73 Å². The summed E-state index contributed by atoms with van der Waals surface area (Å²) in [5, 5.41) is 0. The molecule has 0 aliphatic carbocycles. The molecule has 1 nitrogen and oxygen atoms in total. The molecule has 1 atom stereocenters. The second kappa shape index (κ2) is 3.05. The first kappa shape index (κ1) is 8.74. The summed E-state index contributed by atoms with van der Waals surface area (Å²) in [5.41, 5.74) is 5.56. The van der Waals surface area contributed by atoms with Gasteiger partial charge in [-0.15, -0.1) is 6.42 Å². The molecule has 0 radical (unpaired) electrons. The molecule has 9 heavy (non-hydrogen) atoms. The van der Waals surface area contributed by atoms with Crippen molar-refractivity contribution >= 4 is 8.07 Å². The summed E-state index contributed by atoms with van der Waals surface area (Å²) in [6, 6.07) is 1.01. The standard InChI is InChI=1S/C7H15NSi/c1-5-7(8)6-9(2,3)4/h1,7H,6,8H2,2-4H3/t7-/m1/s1. The molecule has 0 aliphatic rings. The zero-order valence-corrected chi connectivity index (χ0v) is 7.44. The molecule has 0 aromatic carbocycles. The van der Waals surface area contributed by atoms with E-state index in [2.05, 4.69) is 25.6 Å². The maximum absolute atomic E-state index is 5.56. The Kier molecular flexibility index (Phi) is 2.96. The molecule has 0 aliphatic heterocycles. The average Bonchev–Trinajstić information content (AvgIpc) is 1.62. The van der Waals surface area contributed by atoms with Crippen LogP contribution in [0.15, 0.2) is 0 Å². The van der Waals surface area contributed by atoms with Crippen molar-refractivity contribution in [2.45, 2.75) is 31.7 Å². The lowest BCUT2D eigenvalue weighted by Crippen LogP contribution is -2.30. The van der Waals surface area contributed by atoms with Gasteiger partial charge in [-0.1, -0.05) is 25.6 Å². The molecule has 0 spiro atoms.